The molecule has 1 aliphatic rings. The van der Waals surface area contributed by atoms with Crippen LogP contribution in [0.15, 0.2) is 54.6 Å². The summed E-state index contributed by atoms with van der Waals surface area (Å²) < 4.78 is 0. The third kappa shape index (κ3) is 4.69. The van der Waals surface area contributed by atoms with Crippen molar-refractivity contribution >= 4 is 0 Å². The predicted octanol–water partition coefficient (Wildman–Crippen LogP) is 3.50. The molecule has 0 aromatic heterocycles. The van der Waals surface area contributed by atoms with E-state index >= 15 is 0 Å². The van der Waals surface area contributed by atoms with Gasteiger partial charge in [0.05, 0.1) is 0 Å². The van der Waals surface area contributed by atoms with Gasteiger partial charge in [-0.05, 0) is 29.0 Å². The zero-order valence-corrected chi connectivity index (χ0v) is 15.5. The third-order valence-corrected chi connectivity index (χ3v) is 5.07. The lowest BCUT2D eigenvalue weighted by Gasteiger charge is -2.31. The monoisotopic (exact) mass is 337 g/mol. The molecule has 134 valence electrons. The van der Waals surface area contributed by atoms with Crippen molar-refractivity contribution in [2.45, 2.75) is 38.9 Å². The van der Waals surface area contributed by atoms with Gasteiger partial charge >= 0.3 is 0 Å². The number of hydrogen-bond acceptors (Lipinski definition) is 3. The summed E-state index contributed by atoms with van der Waals surface area (Å²) in [5, 5.41) is 3.58. The van der Waals surface area contributed by atoms with Crippen LogP contribution < -0.4 is 11.1 Å². The molecule has 3 rings (SSSR count). The largest absolute Gasteiger partial charge is 0.329 e. The van der Waals surface area contributed by atoms with Crippen LogP contribution >= 0.6 is 0 Å². The van der Waals surface area contributed by atoms with Gasteiger partial charge in [-0.2, -0.15) is 0 Å². The van der Waals surface area contributed by atoms with Gasteiger partial charge in [0, 0.05) is 38.3 Å². The minimum absolute atomic E-state index is 0.462. The van der Waals surface area contributed by atoms with Crippen LogP contribution in [-0.2, 0) is 6.54 Å². The van der Waals surface area contributed by atoms with Crippen molar-refractivity contribution in [1.82, 2.24) is 10.2 Å². The summed E-state index contributed by atoms with van der Waals surface area (Å²) in [7, 11) is 0. The van der Waals surface area contributed by atoms with Gasteiger partial charge in [-0.3, -0.25) is 4.90 Å². The van der Waals surface area contributed by atoms with E-state index in [1.807, 2.05) is 0 Å². The standard InChI is InChI=1S/C22H31N3/c1-17(2)15-25(21-12-20(13-23)24-14-21)16-19-10-6-7-11-22(19)18-8-4-3-5-9-18/h3-11,17,20-21,24H,12-16,23H2,1-2H3/t20-,21+/m0/s1. The van der Waals surface area contributed by atoms with Crippen LogP contribution in [0.25, 0.3) is 11.1 Å². The van der Waals surface area contributed by atoms with Crippen molar-refractivity contribution < 1.29 is 0 Å². The normalized spacial score (nSPS) is 20.5. The van der Waals surface area contributed by atoms with E-state index < -0.39 is 0 Å². The topological polar surface area (TPSA) is 41.3 Å². The van der Waals surface area contributed by atoms with Crippen LogP contribution in [0.2, 0.25) is 0 Å². The zero-order chi connectivity index (χ0) is 17.6. The maximum Gasteiger partial charge on any atom is 0.0243 e. The summed E-state index contributed by atoms with van der Waals surface area (Å²) in [5.74, 6) is 0.654. The highest BCUT2D eigenvalue weighted by Gasteiger charge is 2.28. The van der Waals surface area contributed by atoms with E-state index in [0.717, 1.165) is 32.6 Å². The number of nitrogens with zero attached hydrogens (tertiary/aromatic N) is 1. The minimum Gasteiger partial charge on any atom is -0.329 e. The highest BCUT2D eigenvalue weighted by molar-refractivity contribution is 5.67. The van der Waals surface area contributed by atoms with Crippen LogP contribution in [0.1, 0.15) is 25.8 Å². The molecule has 3 heteroatoms. The second-order valence-electron chi connectivity index (χ2n) is 7.58. The summed E-state index contributed by atoms with van der Waals surface area (Å²) in [5.41, 5.74) is 9.92. The Morgan fingerprint density at radius 1 is 1.08 bits per heavy atom. The number of rotatable bonds is 7. The molecule has 0 aliphatic carbocycles. The van der Waals surface area contributed by atoms with Crippen molar-refractivity contribution in [3.8, 4) is 11.1 Å². The molecular formula is C22H31N3. The summed E-state index contributed by atoms with van der Waals surface area (Å²) in [6, 6.07) is 20.6. The molecule has 3 N–H and O–H groups in total. The summed E-state index contributed by atoms with van der Waals surface area (Å²) in [4.78, 5) is 2.65. The Balaban J connectivity index is 1.83. The Morgan fingerprint density at radius 3 is 2.48 bits per heavy atom. The maximum absolute atomic E-state index is 5.87. The number of nitrogens with one attached hydrogen (secondary N) is 1. The van der Waals surface area contributed by atoms with Crippen LogP contribution in [0, 0.1) is 5.92 Å². The lowest BCUT2D eigenvalue weighted by Crippen LogP contribution is -2.38. The predicted molar refractivity (Wildman–Crippen MR) is 106 cm³/mol. The molecule has 3 nitrogen and oxygen atoms in total. The van der Waals surface area contributed by atoms with E-state index in [0.29, 0.717) is 18.0 Å². The molecule has 1 fully saturated rings. The van der Waals surface area contributed by atoms with Gasteiger partial charge in [-0.25, -0.2) is 0 Å². The SMILES string of the molecule is CC(C)CN(Cc1ccccc1-c1ccccc1)[C@H]1CN[C@H](CN)C1. The molecule has 0 bridgehead atoms. The first-order valence-electron chi connectivity index (χ1n) is 9.48. The van der Waals surface area contributed by atoms with E-state index in [1.54, 1.807) is 0 Å². The Bertz CT molecular complexity index is 653. The van der Waals surface area contributed by atoms with Crippen LogP contribution in [0.5, 0.6) is 0 Å². The Kier molecular flexibility index (Phi) is 6.24. The molecule has 25 heavy (non-hydrogen) atoms. The molecule has 0 radical (unpaired) electrons. The van der Waals surface area contributed by atoms with E-state index in [2.05, 4.69) is 78.7 Å². The van der Waals surface area contributed by atoms with Gasteiger partial charge in [-0.15, -0.1) is 0 Å². The number of nitrogens with two attached hydrogens (primary N) is 1. The Morgan fingerprint density at radius 2 is 1.80 bits per heavy atom. The van der Waals surface area contributed by atoms with E-state index in [4.69, 9.17) is 5.73 Å². The van der Waals surface area contributed by atoms with Gasteiger partial charge in [0.25, 0.3) is 0 Å². The molecule has 0 amide bonds. The fraction of sp³-hybridized carbons (Fsp3) is 0.455. The zero-order valence-electron chi connectivity index (χ0n) is 15.5. The van der Waals surface area contributed by atoms with Gasteiger partial charge in [-0.1, -0.05) is 68.4 Å². The molecular weight excluding hydrogens is 306 g/mol. The van der Waals surface area contributed by atoms with Crippen molar-refractivity contribution in [3.63, 3.8) is 0 Å². The van der Waals surface area contributed by atoms with Gasteiger partial charge in [0.2, 0.25) is 0 Å². The summed E-state index contributed by atoms with van der Waals surface area (Å²) in [6.45, 7) is 8.49. The van der Waals surface area contributed by atoms with Gasteiger partial charge in [0.1, 0.15) is 0 Å². The lowest BCUT2D eigenvalue weighted by atomic mass is 9.98. The smallest absolute Gasteiger partial charge is 0.0243 e. The molecule has 2 aromatic rings. The highest BCUT2D eigenvalue weighted by atomic mass is 15.2. The molecule has 1 saturated heterocycles. The quantitative estimate of drug-likeness (QED) is 0.812. The number of hydrogen-bond donors (Lipinski definition) is 2. The maximum atomic E-state index is 5.87. The van der Waals surface area contributed by atoms with E-state index in [1.165, 1.54) is 16.7 Å². The molecule has 0 unspecified atom stereocenters. The van der Waals surface area contributed by atoms with Gasteiger partial charge in [0.15, 0.2) is 0 Å². The van der Waals surface area contributed by atoms with Crippen molar-refractivity contribution in [2.24, 2.45) is 11.7 Å². The van der Waals surface area contributed by atoms with Crippen molar-refractivity contribution in [1.29, 1.82) is 0 Å². The first-order chi connectivity index (χ1) is 12.2. The van der Waals surface area contributed by atoms with E-state index in [9.17, 15) is 0 Å². The van der Waals surface area contributed by atoms with Crippen molar-refractivity contribution in [2.75, 3.05) is 19.6 Å². The van der Waals surface area contributed by atoms with Crippen LogP contribution in [0.4, 0.5) is 0 Å². The third-order valence-electron chi connectivity index (χ3n) is 5.07. The molecule has 1 heterocycles. The molecule has 2 atom stereocenters. The first kappa shape index (κ1) is 18.1. The number of benzene rings is 2. The highest BCUT2D eigenvalue weighted by Crippen LogP contribution is 2.26. The molecule has 1 aliphatic heterocycles. The fourth-order valence-electron chi connectivity index (χ4n) is 3.84. The van der Waals surface area contributed by atoms with Crippen LogP contribution in [0.3, 0.4) is 0 Å². The molecule has 0 saturated carbocycles. The van der Waals surface area contributed by atoms with Crippen molar-refractivity contribution in [3.05, 3.63) is 60.2 Å². The first-order valence-corrected chi connectivity index (χ1v) is 9.48. The average Bonchev–Trinajstić information content (AvgIpc) is 3.11. The summed E-state index contributed by atoms with van der Waals surface area (Å²) in [6.07, 6.45) is 1.15. The summed E-state index contributed by atoms with van der Waals surface area (Å²) >= 11 is 0. The Hall–Kier alpha value is -1.68. The molecule has 0 spiro atoms. The Labute approximate surface area is 152 Å². The second-order valence-corrected chi connectivity index (χ2v) is 7.58. The van der Waals surface area contributed by atoms with Gasteiger partial charge < -0.3 is 11.1 Å². The fourth-order valence-corrected chi connectivity index (χ4v) is 3.84. The second kappa shape index (κ2) is 8.61. The van der Waals surface area contributed by atoms with E-state index in [-0.39, 0.29) is 0 Å². The minimum atomic E-state index is 0.462. The average molecular weight is 338 g/mol. The van der Waals surface area contributed by atoms with Crippen LogP contribution in [-0.4, -0.2) is 36.6 Å². The lowest BCUT2D eigenvalue weighted by molar-refractivity contribution is 0.175. The molecule has 2 aromatic carbocycles.